The van der Waals surface area contributed by atoms with Crippen LogP contribution in [-0.2, 0) is 4.79 Å². The summed E-state index contributed by atoms with van der Waals surface area (Å²) in [6, 6.07) is 13.0. The number of benzene rings is 2. The largest absolute Gasteiger partial charge is 0.497 e. The number of thioether (sulfide) groups is 1. The molecule has 0 aliphatic heterocycles. The summed E-state index contributed by atoms with van der Waals surface area (Å²) in [7, 11) is 3.15. The van der Waals surface area contributed by atoms with Crippen LogP contribution in [0.3, 0.4) is 0 Å². The summed E-state index contributed by atoms with van der Waals surface area (Å²) >= 11 is 1.24. The summed E-state index contributed by atoms with van der Waals surface area (Å²) in [6.45, 7) is 1.99. The van der Waals surface area contributed by atoms with Crippen molar-refractivity contribution in [3.63, 3.8) is 0 Å². The van der Waals surface area contributed by atoms with Gasteiger partial charge in [0.1, 0.15) is 11.5 Å². The Morgan fingerprint density at radius 2 is 1.78 bits per heavy atom. The number of tetrazole rings is 1. The molecular weight excluding hydrogens is 366 g/mol. The molecule has 0 spiro atoms. The van der Waals surface area contributed by atoms with Crippen LogP contribution in [0.25, 0.3) is 5.69 Å². The molecular formula is C18H19N5O3S. The molecule has 3 aromatic rings. The molecule has 0 atom stereocenters. The number of carbonyl (C=O) groups is 1. The summed E-state index contributed by atoms with van der Waals surface area (Å²) in [6.07, 6.45) is 0. The second-order valence-electron chi connectivity index (χ2n) is 5.65. The number of aryl methyl sites for hydroxylation is 1. The van der Waals surface area contributed by atoms with E-state index in [0.29, 0.717) is 22.3 Å². The van der Waals surface area contributed by atoms with Crippen molar-refractivity contribution in [3.8, 4) is 17.2 Å². The Balaban J connectivity index is 1.70. The van der Waals surface area contributed by atoms with Crippen molar-refractivity contribution in [1.29, 1.82) is 0 Å². The Morgan fingerprint density at radius 3 is 2.41 bits per heavy atom. The van der Waals surface area contributed by atoms with E-state index in [9.17, 15) is 4.79 Å². The fraction of sp³-hybridized carbons (Fsp3) is 0.222. The molecule has 1 heterocycles. The molecule has 8 nitrogen and oxygen atoms in total. The van der Waals surface area contributed by atoms with Crippen molar-refractivity contribution >= 4 is 23.4 Å². The van der Waals surface area contributed by atoms with Crippen LogP contribution in [0, 0.1) is 6.92 Å². The topological polar surface area (TPSA) is 91.2 Å². The minimum atomic E-state index is -0.137. The zero-order valence-electron chi connectivity index (χ0n) is 15.2. The number of anilines is 1. The standard InChI is InChI=1S/C18H19N5O3S/c1-12-4-6-13(7-5-12)19-17(24)11-27-18-20-21-22-23(18)14-8-15(25-2)10-16(9-14)26-3/h4-10H,11H2,1-3H3,(H,19,24). The second kappa shape index (κ2) is 8.54. The van der Waals surface area contributed by atoms with Gasteiger partial charge in [0, 0.05) is 23.9 Å². The molecule has 140 valence electrons. The van der Waals surface area contributed by atoms with Gasteiger partial charge in [0.2, 0.25) is 11.1 Å². The van der Waals surface area contributed by atoms with Gasteiger partial charge in [-0.25, -0.2) is 0 Å². The Morgan fingerprint density at radius 1 is 1.11 bits per heavy atom. The van der Waals surface area contributed by atoms with Crippen molar-refractivity contribution in [2.75, 3.05) is 25.3 Å². The van der Waals surface area contributed by atoms with Gasteiger partial charge in [0.15, 0.2) is 0 Å². The van der Waals surface area contributed by atoms with E-state index in [1.807, 2.05) is 31.2 Å². The zero-order chi connectivity index (χ0) is 19.2. The third-order valence-corrected chi connectivity index (χ3v) is 4.61. The van der Waals surface area contributed by atoms with Crippen molar-refractivity contribution in [1.82, 2.24) is 20.2 Å². The van der Waals surface area contributed by atoms with Crippen molar-refractivity contribution in [2.24, 2.45) is 0 Å². The number of rotatable bonds is 7. The molecule has 0 bridgehead atoms. The number of nitrogens with one attached hydrogen (secondary N) is 1. The summed E-state index contributed by atoms with van der Waals surface area (Å²) < 4.78 is 12.1. The van der Waals surface area contributed by atoms with Gasteiger partial charge >= 0.3 is 0 Å². The molecule has 0 radical (unpaired) electrons. The van der Waals surface area contributed by atoms with Crippen LogP contribution >= 0.6 is 11.8 Å². The van der Waals surface area contributed by atoms with Crippen LogP contribution < -0.4 is 14.8 Å². The Bertz CT molecular complexity index is 905. The van der Waals surface area contributed by atoms with E-state index in [0.717, 1.165) is 11.3 Å². The Kier molecular flexibility index (Phi) is 5.92. The van der Waals surface area contributed by atoms with E-state index < -0.39 is 0 Å². The minimum Gasteiger partial charge on any atom is -0.497 e. The molecule has 3 rings (SSSR count). The fourth-order valence-corrected chi connectivity index (χ4v) is 3.00. The van der Waals surface area contributed by atoms with Crippen molar-refractivity contribution in [2.45, 2.75) is 12.1 Å². The number of nitrogens with zero attached hydrogens (tertiary/aromatic N) is 4. The smallest absolute Gasteiger partial charge is 0.234 e. The first-order valence-electron chi connectivity index (χ1n) is 8.10. The minimum absolute atomic E-state index is 0.137. The lowest BCUT2D eigenvalue weighted by atomic mass is 10.2. The Labute approximate surface area is 160 Å². The number of amides is 1. The van der Waals surface area contributed by atoms with Crippen LogP contribution in [0.5, 0.6) is 11.5 Å². The normalized spacial score (nSPS) is 10.5. The summed E-state index contributed by atoms with van der Waals surface area (Å²) in [5.41, 5.74) is 2.57. The van der Waals surface area contributed by atoms with Crippen LogP contribution in [-0.4, -0.2) is 46.1 Å². The van der Waals surface area contributed by atoms with E-state index in [1.165, 1.54) is 16.4 Å². The maximum absolute atomic E-state index is 12.2. The highest BCUT2D eigenvalue weighted by Crippen LogP contribution is 2.27. The fourth-order valence-electron chi connectivity index (χ4n) is 2.31. The molecule has 1 aromatic heterocycles. The van der Waals surface area contributed by atoms with Gasteiger partial charge in [-0.1, -0.05) is 29.5 Å². The first-order chi connectivity index (χ1) is 13.1. The summed E-state index contributed by atoms with van der Waals surface area (Å²) in [5, 5.41) is 15.0. The van der Waals surface area contributed by atoms with Gasteiger partial charge in [-0.15, -0.1) is 5.10 Å². The maximum atomic E-state index is 12.2. The van der Waals surface area contributed by atoms with E-state index >= 15 is 0 Å². The third kappa shape index (κ3) is 4.76. The van der Waals surface area contributed by atoms with E-state index in [-0.39, 0.29) is 11.7 Å². The zero-order valence-corrected chi connectivity index (χ0v) is 16.0. The molecule has 9 heteroatoms. The highest BCUT2D eigenvalue weighted by molar-refractivity contribution is 7.99. The lowest BCUT2D eigenvalue weighted by molar-refractivity contribution is -0.113. The summed E-state index contributed by atoms with van der Waals surface area (Å²) in [4.78, 5) is 12.2. The molecule has 0 fully saturated rings. The van der Waals surface area contributed by atoms with E-state index in [1.54, 1.807) is 32.4 Å². The van der Waals surface area contributed by atoms with E-state index in [2.05, 4.69) is 20.8 Å². The molecule has 0 aliphatic rings. The first-order valence-corrected chi connectivity index (χ1v) is 9.09. The van der Waals surface area contributed by atoms with Gasteiger partial charge in [0.25, 0.3) is 0 Å². The molecule has 0 aliphatic carbocycles. The third-order valence-electron chi connectivity index (χ3n) is 3.69. The maximum Gasteiger partial charge on any atom is 0.234 e. The van der Waals surface area contributed by atoms with Crippen LogP contribution in [0.15, 0.2) is 47.6 Å². The quantitative estimate of drug-likeness (QED) is 0.625. The van der Waals surface area contributed by atoms with Crippen LogP contribution in [0.4, 0.5) is 5.69 Å². The SMILES string of the molecule is COc1cc(OC)cc(-n2nnnc2SCC(=O)Nc2ccc(C)cc2)c1. The van der Waals surface area contributed by atoms with Crippen LogP contribution in [0.2, 0.25) is 0 Å². The number of methoxy groups -OCH3 is 2. The predicted octanol–water partition coefficient (Wildman–Crippen LogP) is 2.72. The lowest BCUT2D eigenvalue weighted by Gasteiger charge is -2.09. The monoisotopic (exact) mass is 385 g/mol. The highest BCUT2D eigenvalue weighted by atomic mass is 32.2. The number of hydrogen-bond acceptors (Lipinski definition) is 7. The molecule has 2 aromatic carbocycles. The molecule has 0 unspecified atom stereocenters. The lowest BCUT2D eigenvalue weighted by Crippen LogP contribution is -2.14. The molecule has 27 heavy (non-hydrogen) atoms. The number of aromatic nitrogens is 4. The Hall–Kier alpha value is -3.07. The summed E-state index contributed by atoms with van der Waals surface area (Å²) in [5.74, 6) is 1.28. The average molecular weight is 385 g/mol. The van der Waals surface area contributed by atoms with Gasteiger partial charge < -0.3 is 14.8 Å². The molecule has 1 amide bonds. The number of hydrogen-bond donors (Lipinski definition) is 1. The molecule has 1 N–H and O–H groups in total. The van der Waals surface area contributed by atoms with Gasteiger partial charge in [0.05, 0.1) is 25.7 Å². The number of ether oxygens (including phenoxy) is 2. The predicted molar refractivity (Wildman–Crippen MR) is 103 cm³/mol. The first kappa shape index (κ1) is 18.7. The molecule has 0 saturated carbocycles. The second-order valence-corrected chi connectivity index (χ2v) is 6.59. The number of carbonyl (C=O) groups excluding carboxylic acids is 1. The van der Waals surface area contributed by atoms with Crippen molar-refractivity contribution < 1.29 is 14.3 Å². The highest BCUT2D eigenvalue weighted by Gasteiger charge is 2.13. The van der Waals surface area contributed by atoms with Gasteiger partial charge in [-0.05, 0) is 29.5 Å². The van der Waals surface area contributed by atoms with Crippen LogP contribution in [0.1, 0.15) is 5.56 Å². The van der Waals surface area contributed by atoms with E-state index in [4.69, 9.17) is 9.47 Å². The average Bonchev–Trinajstić information content (AvgIpc) is 3.16. The molecule has 0 saturated heterocycles. The van der Waals surface area contributed by atoms with Gasteiger partial charge in [-0.3, -0.25) is 4.79 Å². The van der Waals surface area contributed by atoms with Crippen molar-refractivity contribution in [3.05, 3.63) is 48.0 Å². The van der Waals surface area contributed by atoms with Gasteiger partial charge in [-0.2, -0.15) is 4.68 Å².